The molecule has 8 heteroatoms. The van der Waals surface area contributed by atoms with Gasteiger partial charge in [0.25, 0.3) is 0 Å². The number of hydrogen-bond acceptors (Lipinski definition) is 4. The van der Waals surface area contributed by atoms with Crippen LogP contribution in [0.1, 0.15) is 51.9 Å². The van der Waals surface area contributed by atoms with Crippen molar-refractivity contribution in [1.82, 2.24) is 9.62 Å². The summed E-state index contributed by atoms with van der Waals surface area (Å²) in [5.41, 5.74) is 0. The van der Waals surface area contributed by atoms with Crippen LogP contribution in [0.3, 0.4) is 0 Å². The standard InChI is InChI=1S/C19H29ClN2O4S/c1-3-22(14-19(23)21-15-9-7-5-4-6-8-10-15)27(24,25)16-11-12-18(26-2)17(20)13-16/h11-13,15H,3-10,14H2,1-2H3,(H,21,23). The average molecular weight is 417 g/mol. The van der Waals surface area contributed by atoms with Gasteiger partial charge in [-0.1, -0.05) is 50.6 Å². The van der Waals surface area contributed by atoms with Crippen molar-refractivity contribution >= 4 is 27.5 Å². The molecule has 27 heavy (non-hydrogen) atoms. The zero-order valence-corrected chi connectivity index (χ0v) is 17.6. The van der Waals surface area contributed by atoms with Crippen LogP contribution in [0.4, 0.5) is 0 Å². The van der Waals surface area contributed by atoms with Gasteiger partial charge in [0.2, 0.25) is 15.9 Å². The summed E-state index contributed by atoms with van der Waals surface area (Å²) in [6, 6.07) is 4.44. The van der Waals surface area contributed by atoms with Gasteiger partial charge >= 0.3 is 0 Å². The molecule has 0 spiro atoms. The van der Waals surface area contributed by atoms with E-state index in [4.69, 9.17) is 16.3 Å². The molecule has 0 aromatic heterocycles. The van der Waals surface area contributed by atoms with E-state index in [1.807, 2.05) is 0 Å². The van der Waals surface area contributed by atoms with Crippen LogP contribution in [0.2, 0.25) is 5.02 Å². The summed E-state index contributed by atoms with van der Waals surface area (Å²) in [4.78, 5) is 12.5. The lowest BCUT2D eigenvalue weighted by atomic mass is 9.97. The number of methoxy groups -OCH3 is 1. The number of sulfonamides is 1. The van der Waals surface area contributed by atoms with Gasteiger partial charge < -0.3 is 10.1 Å². The minimum atomic E-state index is -3.82. The molecule has 0 saturated heterocycles. The van der Waals surface area contributed by atoms with Crippen LogP contribution in [-0.2, 0) is 14.8 Å². The summed E-state index contributed by atoms with van der Waals surface area (Å²) in [6.07, 6.45) is 7.76. The van der Waals surface area contributed by atoms with Crippen LogP contribution in [0.25, 0.3) is 0 Å². The molecule has 0 bridgehead atoms. The number of hydrogen-bond donors (Lipinski definition) is 1. The molecular weight excluding hydrogens is 388 g/mol. The van der Waals surface area contributed by atoms with Gasteiger partial charge in [-0.25, -0.2) is 8.42 Å². The summed E-state index contributed by atoms with van der Waals surface area (Å²) in [6.45, 7) is 1.72. The van der Waals surface area contributed by atoms with Crippen molar-refractivity contribution in [3.8, 4) is 5.75 Å². The number of likely N-dealkylation sites (N-methyl/N-ethyl adjacent to an activating group) is 1. The zero-order valence-electron chi connectivity index (χ0n) is 16.0. The first-order valence-electron chi connectivity index (χ1n) is 9.51. The van der Waals surface area contributed by atoms with Crippen LogP contribution >= 0.6 is 11.6 Å². The number of halogens is 1. The fourth-order valence-corrected chi connectivity index (χ4v) is 5.11. The van der Waals surface area contributed by atoms with Crippen LogP contribution in [-0.4, -0.2) is 44.9 Å². The lowest BCUT2D eigenvalue weighted by Gasteiger charge is -2.24. The average Bonchev–Trinajstić information content (AvgIpc) is 2.61. The smallest absolute Gasteiger partial charge is 0.243 e. The summed E-state index contributed by atoms with van der Waals surface area (Å²) in [7, 11) is -2.35. The van der Waals surface area contributed by atoms with Crippen molar-refractivity contribution in [3.05, 3.63) is 23.2 Å². The Morgan fingerprint density at radius 1 is 1.22 bits per heavy atom. The van der Waals surface area contributed by atoms with Gasteiger partial charge in [-0.3, -0.25) is 4.79 Å². The summed E-state index contributed by atoms with van der Waals surface area (Å²) >= 11 is 6.06. The predicted molar refractivity (Wildman–Crippen MR) is 107 cm³/mol. The van der Waals surface area contributed by atoms with Crippen LogP contribution < -0.4 is 10.1 Å². The lowest BCUT2D eigenvalue weighted by molar-refractivity contribution is -0.122. The fourth-order valence-electron chi connectivity index (χ4n) is 3.36. The third-order valence-corrected chi connectivity index (χ3v) is 7.12. The van der Waals surface area contributed by atoms with Crippen LogP contribution in [0.15, 0.2) is 23.1 Å². The molecule has 1 aliphatic carbocycles. The second-order valence-electron chi connectivity index (χ2n) is 6.84. The Kier molecular flexibility index (Phi) is 8.38. The van der Waals surface area contributed by atoms with E-state index in [0.717, 1.165) is 25.7 Å². The third-order valence-electron chi connectivity index (χ3n) is 4.90. The first kappa shape index (κ1) is 22.0. The fraction of sp³-hybridized carbons (Fsp3) is 0.632. The number of nitrogens with zero attached hydrogens (tertiary/aromatic N) is 1. The number of carbonyl (C=O) groups is 1. The van der Waals surface area contributed by atoms with E-state index in [1.54, 1.807) is 6.92 Å². The van der Waals surface area contributed by atoms with Crippen molar-refractivity contribution < 1.29 is 17.9 Å². The van der Waals surface area contributed by atoms with Gasteiger partial charge in [0.15, 0.2) is 0 Å². The van der Waals surface area contributed by atoms with E-state index < -0.39 is 10.0 Å². The molecule has 1 amide bonds. The molecule has 0 atom stereocenters. The Bertz CT molecular complexity index is 731. The van der Waals surface area contributed by atoms with Crippen LogP contribution in [0, 0.1) is 0 Å². The Labute approximate surface area is 167 Å². The highest BCUT2D eigenvalue weighted by atomic mass is 35.5. The molecule has 6 nitrogen and oxygen atoms in total. The van der Waals surface area contributed by atoms with Crippen molar-refractivity contribution in [1.29, 1.82) is 0 Å². The van der Waals surface area contributed by atoms with E-state index in [1.165, 1.54) is 48.9 Å². The maximum absolute atomic E-state index is 12.9. The number of ether oxygens (including phenoxy) is 1. The molecule has 1 saturated carbocycles. The molecule has 0 heterocycles. The van der Waals surface area contributed by atoms with Gasteiger partial charge in [-0.2, -0.15) is 4.31 Å². The summed E-state index contributed by atoms with van der Waals surface area (Å²) in [5.74, 6) is 0.145. The van der Waals surface area contributed by atoms with Gasteiger partial charge in [-0.15, -0.1) is 0 Å². The molecule has 2 rings (SSSR count). The molecule has 1 aliphatic rings. The Hall–Kier alpha value is -1.31. The molecular formula is C19H29ClN2O4S. The van der Waals surface area contributed by atoms with Crippen LogP contribution in [0.5, 0.6) is 5.75 Å². The monoisotopic (exact) mass is 416 g/mol. The third kappa shape index (κ3) is 6.09. The van der Waals surface area contributed by atoms with E-state index in [2.05, 4.69) is 5.32 Å². The van der Waals surface area contributed by atoms with E-state index in [0.29, 0.717) is 5.75 Å². The number of carbonyl (C=O) groups excluding carboxylic acids is 1. The molecule has 0 radical (unpaired) electrons. The van der Waals surface area contributed by atoms with Gasteiger partial charge in [0.1, 0.15) is 5.75 Å². The van der Waals surface area contributed by atoms with Crippen molar-refractivity contribution in [3.63, 3.8) is 0 Å². The van der Waals surface area contributed by atoms with E-state index >= 15 is 0 Å². The highest BCUT2D eigenvalue weighted by molar-refractivity contribution is 7.89. The van der Waals surface area contributed by atoms with Crippen molar-refractivity contribution in [2.24, 2.45) is 0 Å². The first-order valence-corrected chi connectivity index (χ1v) is 11.3. The molecule has 1 aromatic carbocycles. The SMILES string of the molecule is CCN(CC(=O)NC1CCCCCCC1)S(=O)(=O)c1ccc(OC)c(Cl)c1. The second-order valence-corrected chi connectivity index (χ2v) is 9.18. The first-order chi connectivity index (χ1) is 12.9. The molecule has 0 unspecified atom stereocenters. The molecule has 152 valence electrons. The van der Waals surface area contributed by atoms with Crippen molar-refractivity contribution in [2.45, 2.75) is 62.8 Å². The molecule has 1 N–H and O–H groups in total. The number of nitrogens with one attached hydrogen (secondary N) is 1. The Morgan fingerprint density at radius 2 is 1.85 bits per heavy atom. The second kappa shape index (κ2) is 10.3. The number of amides is 1. The highest BCUT2D eigenvalue weighted by Crippen LogP contribution is 2.28. The molecule has 0 aliphatic heterocycles. The Balaban J connectivity index is 2.05. The maximum Gasteiger partial charge on any atom is 0.243 e. The predicted octanol–water partition coefficient (Wildman–Crippen LogP) is 3.59. The van der Waals surface area contributed by atoms with Crippen molar-refractivity contribution in [2.75, 3.05) is 20.2 Å². The number of benzene rings is 1. The largest absolute Gasteiger partial charge is 0.495 e. The quantitative estimate of drug-likeness (QED) is 0.736. The normalized spacial score (nSPS) is 16.6. The zero-order chi connectivity index (χ0) is 19.9. The minimum Gasteiger partial charge on any atom is -0.495 e. The van der Waals surface area contributed by atoms with Gasteiger partial charge in [0, 0.05) is 12.6 Å². The maximum atomic E-state index is 12.9. The minimum absolute atomic E-state index is 0.0499. The molecule has 1 fully saturated rings. The van der Waals surface area contributed by atoms with E-state index in [-0.39, 0.29) is 35.0 Å². The topological polar surface area (TPSA) is 75.7 Å². The summed E-state index contributed by atoms with van der Waals surface area (Å²) in [5, 5.41) is 3.23. The van der Waals surface area contributed by atoms with Gasteiger partial charge in [-0.05, 0) is 31.0 Å². The Morgan fingerprint density at radius 3 is 2.41 bits per heavy atom. The van der Waals surface area contributed by atoms with Gasteiger partial charge in [0.05, 0.1) is 23.6 Å². The van der Waals surface area contributed by atoms with E-state index in [9.17, 15) is 13.2 Å². The molecule has 1 aromatic rings. The lowest BCUT2D eigenvalue weighted by Crippen LogP contribution is -2.44. The summed E-state index contributed by atoms with van der Waals surface area (Å²) < 4.78 is 32.0. The highest BCUT2D eigenvalue weighted by Gasteiger charge is 2.27. The number of rotatable bonds is 7.